The molecule has 1 amide bonds. The third-order valence-electron chi connectivity index (χ3n) is 5.57. The van der Waals surface area contributed by atoms with E-state index in [9.17, 15) is 21.6 Å². The Kier molecular flexibility index (Phi) is 7.73. The van der Waals surface area contributed by atoms with Gasteiger partial charge >= 0.3 is 0 Å². The third-order valence-corrected chi connectivity index (χ3v) is 8.95. The van der Waals surface area contributed by atoms with Crippen LogP contribution in [0.25, 0.3) is 0 Å². The molecule has 0 bridgehead atoms. The number of anilines is 2. The number of hydrogen-bond acceptors (Lipinski definition) is 5. The molecular weight excluding hydrogens is 486 g/mol. The van der Waals surface area contributed by atoms with Crippen LogP contribution in [0.4, 0.5) is 11.4 Å². The molecule has 8 nitrogen and oxygen atoms in total. The third kappa shape index (κ3) is 5.87. The second-order valence-electron chi connectivity index (χ2n) is 8.14. The van der Waals surface area contributed by atoms with Crippen molar-refractivity contribution in [2.24, 2.45) is 0 Å². The predicted molar refractivity (Wildman–Crippen MR) is 131 cm³/mol. The fourth-order valence-corrected chi connectivity index (χ4v) is 6.72. The van der Waals surface area contributed by atoms with Crippen LogP contribution < -0.4 is 9.62 Å². The number of piperidine rings is 1. The molecule has 0 aliphatic carbocycles. The minimum atomic E-state index is -3.80. The van der Waals surface area contributed by atoms with Gasteiger partial charge in [-0.2, -0.15) is 4.31 Å². The van der Waals surface area contributed by atoms with E-state index < -0.39 is 32.0 Å². The smallest absolute Gasteiger partial charge is 0.247 e. The number of rotatable bonds is 7. The maximum Gasteiger partial charge on any atom is 0.247 e. The SMILES string of the molecule is Cc1ccc(Cl)cc1N([C@@H](C)C(=O)Nc1ccc(S(=O)(=O)N2CCCCC2)cc1)S(C)(=O)=O. The summed E-state index contributed by atoms with van der Waals surface area (Å²) < 4.78 is 53.2. The minimum Gasteiger partial charge on any atom is -0.324 e. The minimum absolute atomic E-state index is 0.155. The van der Waals surface area contributed by atoms with Crippen LogP contribution in [0.3, 0.4) is 0 Å². The number of sulfonamides is 2. The quantitative estimate of drug-likeness (QED) is 0.609. The van der Waals surface area contributed by atoms with Gasteiger partial charge in [-0.1, -0.05) is 24.1 Å². The van der Waals surface area contributed by atoms with Crippen LogP contribution in [0.1, 0.15) is 31.7 Å². The zero-order valence-corrected chi connectivity index (χ0v) is 21.2. The first-order valence-corrected chi connectivity index (χ1v) is 14.2. The van der Waals surface area contributed by atoms with Crippen LogP contribution in [-0.4, -0.2) is 52.4 Å². The predicted octanol–water partition coefficient (Wildman–Crippen LogP) is 3.62. The molecule has 0 unspecified atom stereocenters. The summed E-state index contributed by atoms with van der Waals surface area (Å²) in [4.78, 5) is 13.1. The first-order valence-electron chi connectivity index (χ1n) is 10.6. The first-order chi connectivity index (χ1) is 15.4. The van der Waals surface area contributed by atoms with Crippen LogP contribution in [-0.2, 0) is 24.8 Å². The number of nitrogens with one attached hydrogen (secondary N) is 1. The number of nitrogens with zero attached hydrogens (tertiary/aromatic N) is 2. The van der Waals surface area contributed by atoms with Gasteiger partial charge in [-0.05, 0) is 68.7 Å². The number of aryl methyl sites for hydroxylation is 1. The Morgan fingerprint density at radius 1 is 1.03 bits per heavy atom. The fourth-order valence-electron chi connectivity index (χ4n) is 3.81. The van der Waals surface area contributed by atoms with Gasteiger partial charge < -0.3 is 5.32 Å². The Balaban J connectivity index is 1.80. The molecule has 0 spiro atoms. The van der Waals surface area contributed by atoms with Crippen molar-refractivity contribution in [2.45, 2.75) is 44.0 Å². The van der Waals surface area contributed by atoms with Crippen molar-refractivity contribution in [1.29, 1.82) is 0 Å². The van der Waals surface area contributed by atoms with Crippen LogP contribution in [0, 0.1) is 6.92 Å². The van der Waals surface area contributed by atoms with Crippen LogP contribution in [0.15, 0.2) is 47.4 Å². The van der Waals surface area contributed by atoms with E-state index in [1.54, 1.807) is 19.1 Å². The Morgan fingerprint density at radius 3 is 2.21 bits per heavy atom. The second-order valence-corrected chi connectivity index (χ2v) is 12.4. The maximum atomic E-state index is 12.9. The van der Waals surface area contributed by atoms with Crippen molar-refractivity contribution in [3.05, 3.63) is 53.1 Å². The molecule has 3 rings (SSSR count). The Morgan fingerprint density at radius 2 is 1.64 bits per heavy atom. The van der Waals surface area contributed by atoms with Gasteiger partial charge in [-0.3, -0.25) is 9.10 Å². The second kappa shape index (κ2) is 10.0. The fraction of sp³-hybridized carbons (Fsp3) is 0.409. The molecule has 11 heteroatoms. The number of halogens is 1. The molecule has 180 valence electrons. The van der Waals surface area contributed by atoms with Crippen LogP contribution in [0.5, 0.6) is 0 Å². The summed E-state index contributed by atoms with van der Waals surface area (Å²) >= 11 is 6.06. The molecule has 2 aromatic carbocycles. The highest BCUT2D eigenvalue weighted by Gasteiger charge is 2.31. The molecule has 1 aliphatic rings. The molecule has 1 saturated heterocycles. The van der Waals surface area contributed by atoms with Crippen LogP contribution in [0.2, 0.25) is 5.02 Å². The molecular formula is C22H28ClN3O5S2. The molecule has 1 heterocycles. The van der Waals surface area contributed by atoms with Gasteiger partial charge in [0.1, 0.15) is 6.04 Å². The highest BCUT2D eigenvalue weighted by Crippen LogP contribution is 2.29. The van der Waals surface area contributed by atoms with Crippen molar-refractivity contribution < 1.29 is 21.6 Å². The summed E-state index contributed by atoms with van der Waals surface area (Å²) in [7, 11) is -7.38. The summed E-state index contributed by atoms with van der Waals surface area (Å²) in [5.41, 5.74) is 1.33. The highest BCUT2D eigenvalue weighted by molar-refractivity contribution is 7.92. The lowest BCUT2D eigenvalue weighted by Crippen LogP contribution is -2.45. The van der Waals surface area contributed by atoms with Gasteiger partial charge in [-0.15, -0.1) is 0 Å². The Bertz CT molecular complexity index is 1230. The normalized spacial score (nSPS) is 16.2. The lowest BCUT2D eigenvalue weighted by molar-refractivity contribution is -0.116. The lowest BCUT2D eigenvalue weighted by Gasteiger charge is -2.29. The standard InChI is InChI=1S/C22H28ClN3O5S2/c1-16-7-8-18(23)15-21(16)26(32(3,28)29)17(2)22(27)24-19-9-11-20(12-10-19)33(30,31)25-13-5-4-6-14-25/h7-12,15,17H,4-6,13-14H2,1-3H3,(H,24,27)/t17-/m0/s1. The van der Waals surface area contributed by atoms with E-state index in [0.717, 1.165) is 29.8 Å². The van der Waals surface area contributed by atoms with Gasteiger partial charge in [0.15, 0.2) is 0 Å². The topological polar surface area (TPSA) is 104 Å². The summed E-state index contributed by atoms with van der Waals surface area (Å²) in [6, 6.07) is 9.64. The Hall–Kier alpha value is -2.14. The molecule has 1 N–H and O–H groups in total. The average Bonchev–Trinajstić information content (AvgIpc) is 2.76. The van der Waals surface area contributed by atoms with Crippen molar-refractivity contribution in [3.63, 3.8) is 0 Å². The van der Waals surface area contributed by atoms with E-state index in [1.165, 1.54) is 41.6 Å². The van der Waals surface area contributed by atoms with E-state index in [4.69, 9.17) is 11.6 Å². The summed E-state index contributed by atoms with van der Waals surface area (Å²) in [6.45, 7) is 4.22. The molecule has 0 aromatic heterocycles. The van der Waals surface area contributed by atoms with Gasteiger partial charge in [0.25, 0.3) is 0 Å². The summed E-state index contributed by atoms with van der Waals surface area (Å²) in [5, 5.41) is 3.02. The van der Waals surface area contributed by atoms with Crippen LogP contribution >= 0.6 is 11.6 Å². The molecule has 0 saturated carbocycles. The van der Waals surface area contributed by atoms with Gasteiger partial charge in [0.2, 0.25) is 26.0 Å². The van der Waals surface area contributed by atoms with E-state index in [-0.39, 0.29) is 4.90 Å². The zero-order valence-electron chi connectivity index (χ0n) is 18.8. The van der Waals surface area contributed by atoms with E-state index >= 15 is 0 Å². The number of amides is 1. The van der Waals surface area contributed by atoms with Crippen molar-refractivity contribution in [1.82, 2.24) is 4.31 Å². The van der Waals surface area contributed by atoms with Crippen molar-refractivity contribution >= 4 is 48.9 Å². The Labute approximate surface area is 200 Å². The molecule has 0 radical (unpaired) electrons. The summed E-state index contributed by atoms with van der Waals surface area (Å²) in [6.07, 6.45) is 3.73. The molecule has 33 heavy (non-hydrogen) atoms. The molecule has 1 aliphatic heterocycles. The van der Waals surface area contributed by atoms with Crippen molar-refractivity contribution in [3.8, 4) is 0 Å². The maximum absolute atomic E-state index is 12.9. The van der Waals surface area contributed by atoms with E-state index in [2.05, 4.69) is 5.32 Å². The number of carbonyl (C=O) groups is 1. The number of carbonyl (C=O) groups excluding carboxylic acids is 1. The molecule has 1 fully saturated rings. The van der Waals surface area contributed by atoms with Crippen molar-refractivity contribution in [2.75, 3.05) is 29.0 Å². The lowest BCUT2D eigenvalue weighted by atomic mass is 10.1. The highest BCUT2D eigenvalue weighted by atomic mass is 35.5. The van der Waals surface area contributed by atoms with E-state index in [0.29, 0.717) is 35.1 Å². The number of benzene rings is 2. The van der Waals surface area contributed by atoms with E-state index in [1.807, 2.05) is 0 Å². The van der Waals surface area contributed by atoms with Gasteiger partial charge in [-0.25, -0.2) is 16.8 Å². The average molecular weight is 514 g/mol. The monoisotopic (exact) mass is 513 g/mol. The van der Waals surface area contributed by atoms with Gasteiger partial charge in [0, 0.05) is 23.8 Å². The zero-order chi connectivity index (χ0) is 24.4. The first kappa shape index (κ1) is 25.5. The molecule has 1 atom stereocenters. The largest absolute Gasteiger partial charge is 0.324 e. The number of hydrogen-bond donors (Lipinski definition) is 1. The summed E-state index contributed by atoms with van der Waals surface area (Å²) in [5.74, 6) is -0.563. The molecule has 2 aromatic rings. The van der Waals surface area contributed by atoms with Gasteiger partial charge in [0.05, 0.1) is 16.8 Å².